The molecule has 0 radical (unpaired) electrons. The maximum Gasteiger partial charge on any atom is 0.325 e. The Morgan fingerprint density at radius 3 is 2.59 bits per heavy atom. The number of nitrogens with one attached hydrogen (secondary N) is 3. The fourth-order valence-electron chi connectivity index (χ4n) is 3.22. The second kappa shape index (κ2) is 6.61. The predicted molar refractivity (Wildman–Crippen MR) is 97.4 cm³/mol. The summed E-state index contributed by atoms with van der Waals surface area (Å²) in [6, 6.07) is 3.87. The second-order valence-electron chi connectivity index (χ2n) is 7.03. The fraction of sp³-hybridized carbons (Fsp3) is 0.471. The van der Waals surface area contributed by atoms with Gasteiger partial charge in [-0.1, -0.05) is 6.07 Å². The van der Waals surface area contributed by atoms with Crippen LogP contribution >= 0.6 is 0 Å². The smallest absolute Gasteiger partial charge is 0.324 e. The van der Waals surface area contributed by atoms with Gasteiger partial charge < -0.3 is 10.6 Å². The summed E-state index contributed by atoms with van der Waals surface area (Å²) in [7, 11) is -2.37. The van der Waals surface area contributed by atoms with Gasteiger partial charge in [0.1, 0.15) is 12.1 Å². The molecule has 1 heterocycles. The number of carbonyl (C=O) groups excluding carboxylic acids is 3. The molecule has 0 spiro atoms. The summed E-state index contributed by atoms with van der Waals surface area (Å²) < 4.78 is 26.3. The lowest BCUT2D eigenvalue weighted by molar-refractivity contribution is -0.134. The van der Waals surface area contributed by atoms with E-state index in [1.54, 1.807) is 26.0 Å². The Bertz CT molecular complexity index is 925. The standard InChI is InChI=1S/C17H22N4O5S/c1-10-4-7-12(8-13(10)27(25,26)18-3)19-14(22)9-21-15(23)17(2,11-5-6-11)20-16(21)24/h4,7-8,11,18H,5-6,9H2,1-3H3,(H,19,22)(H,20,24)/t17-/m0/s1. The molecule has 4 amide bonds. The van der Waals surface area contributed by atoms with Gasteiger partial charge >= 0.3 is 6.03 Å². The van der Waals surface area contributed by atoms with Crippen molar-refractivity contribution in [1.29, 1.82) is 0 Å². The lowest BCUT2D eigenvalue weighted by Gasteiger charge is -2.20. The van der Waals surface area contributed by atoms with E-state index < -0.39 is 40.0 Å². The summed E-state index contributed by atoms with van der Waals surface area (Å²) >= 11 is 0. The Hall–Kier alpha value is -2.46. The molecule has 2 fully saturated rings. The van der Waals surface area contributed by atoms with Crippen LogP contribution in [0, 0.1) is 12.8 Å². The molecule has 27 heavy (non-hydrogen) atoms. The van der Waals surface area contributed by atoms with E-state index in [-0.39, 0.29) is 16.5 Å². The fourth-order valence-corrected chi connectivity index (χ4v) is 4.21. The Morgan fingerprint density at radius 1 is 1.33 bits per heavy atom. The molecule has 1 aliphatic carbocycles. The normalized spacial score (nSPS) is 22.7. The van der Waals surface area contributed by atoms with Crippen LogP contribution in [0.4, 0.5) is 10.5 Å². The SMILES string of the molecule is CNS(=O)(=O)c1cc(NC(=O)CN2C(=O)N[C@@](C)(C3CC3)C2=O)ccc1C. The van der Waals surface area contributed by atoms with E-state index in [0.29, 0.717) is 5.56 Å². The number of rotatable bonds is 6. The van der Waals surface area contributed by atoms with Gasteiger partial charge in [0.25, 0.3) is 5.91 Å². The zero-order valence-corrected chi connectivity index (χ0v) is 16.1. The van der Waals surface area contributed by atoms with Crippen LogP contribution in [0.25, 0.3) is 0 Å². The van der Waals surface area contributed by atoms with Crippen LogP contribution in [0.2, 0.25) is 0 Å². The highest BCUT2D eigenvalue weighted by atomic mass is 32.2. The number of urea groups is 1. The van der Waals surface area contributed by atoms with Crippen LogP contribution in [0.1, 0.15) is 25.3 Å². The van der Waals surface area contributed by atoms with Gasteiger partial charge in [0.2, 0.25) is 15.9 Å². The first-order valence-corrected chi connectivity index (χ1v) is 10.0. The van der Waals surface area contributed by atoms with Gasteiger partial charge in [0.15, 0.2) is 0 Å². The van der Waals surface area contributed by atoms with Gasteiger partial charge in [-0.05, 0) is 57.4 Å². The van der Waals surface area contributed by atoms with Crippen molar-refractivity contribution in [2.24, 2.45) is 5.92 Å². The van der Waals surface area contributed by atoms with Gasteiger partial charge in [0.05, 0.1) is 4.90 Å². The number of hydrogen-bond donors (Lipinski definition) is 3. The van der Waals surface area contributed by atoms with E-state index >= 15 is 0 Å². The minimum Gasteiger partial charge on any atom is -0.324 e. The monoisotopic (exact) mass is 394 g/mol. The third-order valence-electron chi connectivity index (χ3n) is 5.03. The molecule has 0 unspecified atom stereocenters. The van der Waals surface area contributed by atoms with Crippen LogP contribution in [0.15, 0.2) is 23.1 Å². The largest absolute Gasteiger partial charge is 0.325 e. The van der Waals surface area contributed by atoms with E-state index in [2.05, 4.69) is 15.4 Å². The Labute approximate surface area is 157 Å². The molecule has 0 bridgehead atoms. The molecule has 1 atom stereocenters. The minimum absolute atomic E-state index is 0.0408. The molecule has 10 heteroatoms. The van der Waals surface area contributed by atoms with Crippen molar-refractivity contribution in [3.63, 3.8) is 0 Å². The maximum atomic E-state index is 12.6. The first kappa shape index (κ1) is 19.3. The molecule has 1 aromatic rings. The summed E-state index contributed by atoms with van der Waals surface area (Å²) in [5, 5.41) is 5.22. The molecule has 3 rings (SSSR count). The van der Waals surface area contributed by atoms with Crippen LogP contribution in [-0.2, 0) is 19.6 Å². The van der Waals surface area contributed by atoms with Gasteiger partial charge in [0, 0.05) is 5.69 Å². The number of benzene rings is 1. The molecular formula is C17H22N4O5S. The van der Waals surface area contributed by atoms with Crippen molar-refractivity contribution < 1.29 is 22.8 Å². The number of imide groups is 1. The molecule has 2 aliphatic rings. The molecule has 3 N–H and O–H groups in total. The molecule has 1 aliphatic heterocycles. The molecule has 1 aromatic carbocycles. The lowest BCUT2D eigenvalue weighted by Crippen LogP contribution is -2.46. The average molecular weight is 394 g/mol. The molecule has 1 saturated carbocycles. The van der Waals surface area contributed by atoms with Gasteiger partial charge in [-0.15, -0.1) is 0 Å². The summed E-state index contributed by atoms with van der Waals surface area (Å²) in [6.45, 7) is 2.88. The zero-order chi connectivity index (χ0) is 20.0. The molecule has 0 aromatic heterocycles. The Morgan fingerprint density at radius 2 is 2.00 bits per heavy atom. The summed E-state index contributed by atoms with van der Waals surface area (Å²) in [5.41, 5.74) is -0.164. The number of anilines is 1. The predicted octanol–water partition coefficient (Wildman–Crippen LogP) is 0.562. The van der Waals surface area contributed by atoms with E-state index in [4.69, 9.17) is 0 Å². The molecule has 1 saturated heterocycles. The number of nitrogens with zero attached hydrogens (tertiary/aromatic N) is 1. The lowest BCUT2D eigenvalue weighted by atomic mass is 9.96. The van der Waals surface area contributed by atoms with E-state index in [0.717, 1.165) is 17.7 Å². The second-order valence-corrected chi connectivity index (χ2v) is 8.89. The van der Waals surface area contributed by atoms with Crippen LogP contribution in [0.3, 0.4) is 0 Å². The highest BCUT2D eigenvalue weighted by molar-refractivity contribution is 7.89. The topological polar surface area (TPSA) is 125 Å². The number of aryl methyl sites for hydroxylation is 1. The first-order chi connectivity index (χ1) is 12.6. The average Bonchev–Trinajstić information content (AvgIpc) is 3.43. The molecule has 146 valence electrons. The van der Waals surface area contributed by atoms with Crippen molar-refractivity contribution in [2.45, 2.75) is 37.1 Å². The van der Waals surface area contributed by atoms with Crippen LogP contribution in [-0.4, -0.2) is 50.3 Å². The quantitative estimate of drug-likeness (QED) is 0.608. The number of sulfonamides is 1. The van der Waals surface area contributed by atoms with Crippen LogP contribution < -0.4 is 15.4 Å². The summed E-state index contributed by atoms with van der Waals surface area (Å²) in [4.78, 5) is 37.9. The van der Waals surface area contributed by atoms with Crippen molar-refractivity contribution >= 4 is 33.6 Å². The number of hydrogen-bond acceptors (Lipinski definition) is 5. The van der Waals surface area contributed by atoms with Crippen molar-refractivity contribution in [1.82, 2.24) is 14.9 Å². The first-order valence-electron chi connectivity index (χ1n) is 8.56. The van der Waals surface area contributed by atoms with Crippen molar-refractivity contribution in [3.05, 3.63) is 23.8 Å². The van der Waals surface area contributed by atoms with Gasteiger partial charge in [-0.25, -0.2) is 17.9 Å². The highest BCUT2D eigenvalue weighted by Crippen LogP contribution is 2.42. The maximum absolute atomic E-state index is 12.6. The van der Waals surface area contributed by atoms with E-state index in [9.17, 15) is 22.8 Å². The van der Waals surface area contributed by atoms with E-state index in [1.807, 2.05) is 0 Å². The third kappa shape index (κ3) is 3.54. The third-order valence-corrected chi connectivity index (χ3v) is 6.58. The highest BCUT2D eigenvalue weighted by Gasteiger charge is 2.56. The molecule has 9 nitrogen and oxygen atoms in total. The van der Waals surface area contributed by atoms with Crippen molar-refractivity contribution in [3.8, 4) is 0 Å². The molecular weight excluding hydrogens is 372 g/mol. The van der Waals surface area contributed by atoms with Gasteiger partial charge in [-0.3, -0.25) is 14.5 Å². The number of carbonyl (C=O) groups is 3. The van der Waals surface area contributed by atoms with Crippen molar-refractivity contribution in [2.75, 3.05) is 18.9 Å². The van der Waals surface area contributed by atoms with Gasteiger partial charge in [-0.2, -0.15) is 0 Å². The summed E-state index contributed by atoms with van der Waals surface area (Å²) in [6.07, 6.45) is 1.74. The number of amides is 4. The Kier molecular flexibility index (Phi) is 4.73. The Balaban J connectivity index is 1.72. The van der Waals surface area contributed by atoms with Crippen LogP contribution in [0.5, 0.6) is 0 Å². The zero-order valence-electron chi connectivity index (χ0n) is 15.3. The van der Waals surface area contributed by atoms with E-state index in [1.165, 1.54) is 13.1 Å². The summed E-state index contributed by atoms with van der Waals surface area (Å²) in [5.74, 6) is -0.892. The minimum atomic E-state index is -3.68.